The van der Waals surface area contributed by atoms with Gasteiger partial charge in [0.2, 0.25) is 0 Å². The Hall–Kier alpha value is -1.00. The minimum Gasteiger partial charge on any atom is -0.538 e. The summed E-state index contributed by atoms with van der Waals surface area (Å²) in [6, 6.07) is 7.77. The first-order valence-electron chi connectivity index (χ1n) is 6.92. The number of rotatable bonds is 9. The quantitative estimate of drug-likeness (QED) is 0.504. The molecule has 19 heavy (non-hydrogen) atoms. The number of benzene rings is 1. The molecule has 0 aliphatic heterocycles. The Morgan fingerprint density at radius 2 is 1.84 bits per heavy atom. The number of methoxy groups -OCH3 is 1. The second kappa shape index (κ2) is 8.99. The van der Waals surface area contributed by atoms with Crippen LogP contribution in [0.1, 0.15) is 40.0 Å². The summed E-state index contributed by atoms with van der Waals surface area (Å²) in [4.78, 5) is 0. The highest BCUT2D eigenvalue weighted by atomic mass is 28.2. The van der Waals surface area contributed by atoms with Crippen molar-refractivity contribution in [1.29, 1.82) is 0 Å². The molecule has 1 rings (SSSR count). The SMILES string of the molecule is CCCC(CC)[Si]Oc1ccccc1OC(C)OC. The number of hydrogen-bond acceptors (Lipinski definition) is 3. The summed E-state index contributed by atoms with van der Waals surface area (Å²) in [6.07, 6.45) is 3.30. The first kappa shape index (κ1) is 16.1. The molecule has 106 valence electrons. The van der Waals surface area contributed by atoms with Gasteiger partial charge in [0.25, 0.3) is 0 Å². The van der Waals surface area contributed by atoms with Gasteiger partial charge in [-0.2, -0.15) is 0 Å². The van der Waals surface area contributed by atoms with Crippen LogP contribution in [0.5, 0.6) is 11.5 Å². The molecule has 0 bridgehead atoms. The van der Waals surface area contributed by atoms with E-state index in [1.807, 2.05) is 31.2 Å². The third-order valence-electron chi connectivity index (χ3n) is 2.94. The van der Waals surface area contributed by atoms with E-state index in [0.717, 1.165) is 17.9 Å². The van der Waals surface area contributed by atoms with Gasteiger partial charge in [-0.25, -0.2) is 0 Å². The van der Waals surface area contributed by atoms with Crippen LogP contribution in [0.15, 0.2) is 24.3 Å². The standard InChI is InChI=1S/C15H24O3Si/c1-5-9-13(6-2)19-18-15-11-8-7-10-14(15)17-12(3)16-4/h7-8,10-13H,5-6,9H2,1-4H3. The maximum Gasteiger partial charge on any atom is 0.314 e. The van der Waals surface area contributed by atoms with Crippen LogP contribution in [0, 0.1) is 0 Å². The predicted molar refractivity (Wildman–Crippen MR) is 78.9 cm³/mol. The van der Waals surface area contributed by atoms with Crippen LogP contribution in [0.4, 0.5) is 0 Å². The summed E-state index contributed by atoms with van der Waals surface area (Å²) in [5, 5.41) is 0. The van der Waals surface area contributed by atoms with Gasteiger partial charge in [0.15, 0.2) is 12.0 Å². The van der Waals surface area contributed by atoms with Crippen LogP contribution in [0.25, 0.3) is 0 Å². The van der Waals surface area contributed by atoms with E-state index >= 15 is 0 Å². The zero-order valence-corrected chi connectivity index (χ0v) is 13.3. The van der Waals surface area contributed by atoms with Crippen molar-refractivity contribution < 1.29 is 13.9 Å². The van der Waals surface area contributed by atoms with Gasteiger partial charge in [-0.15, -0.1) is 0 Å². The molecule has 0 heterocycles. The Morgan fingerprint density at radius 1 is 1.16 bits per heavy atom. The molecule has 0 aliphatic rings. The Labute approximate surface area is 119 Å². The molecular weight excluding hydrogens is 256 g/mol. The molecule has 0 fully saturated rings. The monoisotopic (exact) mass is 280 g/mol. The van der Waals surface area contributed by atoms with E-state index in [-0.39, 0.29) is 6.29 Å². The summed E-state index contributed by atoms with van der Waals surface area (Å²) >= 11 is 0. The van der Waals surface area contributed by atoms with Gasteiger partial charge in [-0.05, 0) is 24.6 Å². The van der Waals surface area contributed by atoms with Crippen molar-refractivity contribution in [3.8, 4) is 11.5 Å². The van der Waals surface area contributed by atoms with Crippen molar-refractivity contribution in [2.45, 2.75) is 51.9 Å². The molecule has 2 radical (unpaired) electrons. The molecule has 0 aromatic heterocycles. The Kier molecular flexibility index (Phi) is 7.59. The molecule has 2 atom stereocenters. The van der Waals surface area contributed by atoms with Gasteiger partial charge in [0.1, 0.15) is 5.75 Å². The molecule has 0 N–H and O–H groups in total. The molecule has 1 aromatic carbocycles. The van der Waals surface area contributed by atoms with E-state index in [1.54, 1.807) is 7.11 Å². The van der Waals surface area contributed by atoms with Crippen molar-refractivity contribution in [3.63, 3.8) is 0 Å². The van der Waals surface area contributed by atoms with E-state index < -0.39 is 0 Å². The average Bonchev–Trinajstić information content (AvgIpc) is 2.44. The summed E-state index contributed by atoms with van der Waals surface area (Å²) in [7, 11) is 2.11. The summed E-state index contributed by atoms with van der Waals surface area (Å²) < 4.78 is 16.7. The maximum absolute atomic E-state index is 5.94. The average molecular weight is 280 g/mol. The summed E-state index contributed by atoms with van der Waals surface area (Å²) in [5.74, 6) is 1.55. The van der Waals surface area contributed by atoms with E-state index in [1.165, 1.54) is 12.8 Å². The minimum atomic E-state index is -0.273. The van der Waals surface area contributed by atoms with Crippen molar-refractivity contribution >= 4 is 9.76 Å². The Morgan fingerprint density at radius 3 is 2.42 bits per heavy atom. The van der Waals surface area contributed by atoms with Crippen LogP contribution >= 0.6 is 0 Å². The molecule has 0 saturated carbocycles. The van der Waals surface area contributed by atoms with Crippen LogP contribution < -0.4 is 9.16 Å². The van der Waals surface area contributed by atoms with E-state index in [9.17, 15) is 0 Å². The lowest BCUT2D eigenvalue weighted by Gasteiger charge is -2.18. The molecule has 0 saturated heterocycles. The fourth-order valence-electron chi connectivity index (χ4n) is 1.70. The van der Waals surface area contributed by atoms with Crippen molar-refractivity contribution in [1.82, 2.24) is 0 Å². The first-order valence-corrected chi connectivity index (χ1v) is 7.90. The highest BCUT2D eigenvalue weighted by Crippen LogP contribution is 2.28. The Bertz CT molecular complexity index is 357. The maximum atomic E-state index is 5.94. The highest BCUT2D eigenvalue weighted by molar-refractivity contribution is 6.30. The number of hydrogen-bond donors (Lipinski definition) is 0. The van der Waals surface area contributed by atoms with Gasteiger partial charge in [0, 0.05) is 7.11 Å². The molecule has 0 aliphatic carbocycles. The van der Waals surface area contributed by atoms with Crippen molar-refractivity contribution in [2.24, 2.45) is 0 Å². The predicted octanol–water partition coefficient (Wildman–Crippen LogP) is 4.05. The third-order valence-corrected chi connectivity index (χ3v) is 4.31. The highest BCUT2D eigenvalue weighted by Gasteiger charge is 2.13. The van der Waals surface area contributed by atoms with Gasteiger partial charge >= 0.3 is 9.76 Å². The smallest absolute Gasteiger partial charge is 0.314 e. The molecule has 0 amide bonds. The van der Waals surface area contributed by atoms with Crippen LogP contribution in [0.2, 0.25) is 5.54 Å². The normalized spacial score (nSPS) is 13.9. The van der Waals surface area contributed by atoms with Gasteiger partial charge < -0.3 is 13.9 Å². The summed E-state index contributed by atoms with van der Waals surface area (Å²) in [6.45, 7) is 6.29. The van der Waals surface area contributed by atoms with Crippen molar-refractivity contribution in [3.05, 3.63) is 24.3 Å². The van der Waals surface area contributed by atoms with Crippen molar-refractivity contribution in [2.75, 3.05) is 7.11 Å². The third kappa shape index (κ3) is 5.66. The largest absolute Gasteiger partial charge is 0.538 e. The molecule has 0 spiro atoms. The molecule has 1 aromatic rings. The van der Waals surface area contributed by atoms with Crippen LogP contribution in [-0.2, 0) is 4.74 Å². The molecule has 4 heteroatoms. The fraction of sp³-hybridized carbons (Fsp3) is 0.600. The lowest BCUT2D eigenvalue weighted by molar-refractivity contribution is -0.0391. The minimum absolute atomic E-state index is 0.273. The van der Waals surface area contributed by atoms with E-state index in [4.69, 9.17) is 13.9 Å². The second-order valence-electron chi connectivity index (χ2n) is 4.48. The molecule has 2 unspecified atom stereocenters. The van der Waals surface area contributed by atoms with Gasteiger partial charge in [0.05, 0.1) is 0 Å². The van der Waals surface area contributed by atoms with E-state index in [2.05, 4.69) is 13.8 Å². The first-order chi connectivity index (χ1) is 9.21. The molecular formula is C15H24O3Si. The number of ether oxygens (including phenoxy) is 2. The Balaban J connectivity index is 2.61. The van der Waals surface area contributed by atoms with Crippen LogP contribution in [0.3, 0.4) is 0 Å². The van der Waals surface area contributed by atoms with Gasteiger partial charge in [-0.1, -0.05) is 45.2 Å². The summed E-state index contributed by atoms with van der Waals surface area (Å²) in [5.41, 5.74) is 0.637. The van der Waals surface area contributed by atoms with Crippen LogP contribution in [-0.4, -0.2) is 23.2 Å². The lowest BCUT2D eigenvalue weighted by atomic mass is 10.2. The van der Waals surface area contributed by atoms with Gasteiger partial charge in [-0.3, -0.25) is 0 Å². The number of para-hydroxylation sites is 2. The zero-order valence-electron chi connectivity index (χ0n) is 12.3. The fourth-order valence-corrected chi connectivity index (χ4v) is 2.74. The topological polar surface area (TPSA) is 27.7 Å². The second-order valence-corrected chi connectivity index (χ2v) is 5.74. The zero-order chi connectivity index (χ0) is 14.1. The molecule has 3 nitrogen and oxygen atoms in total. The van der Waals surface area contributed by atoms with E-state index in [0.29, 0.717) is 15.3 Å². The lowest BCUT2D eigenvalue weighted by Crippen LogP contribution is -2.16.